The highest BCUT2D eigenvalue weighted by molar-refractivity contribution is 9.10. The van der Waals surface area contributed by atoms with Gasteiger partial charge in [0.25, 0.3) is 0 Å². The number of benzene rings is 2. The molecule has 1 unspecified atom stereocenters. The highest BCUT2D eigenvalue weighted by Crippen LogP contribution is 2.27. The van der Waals surface area contributed by atoms with Gasteiger partial charge in [-0.15, -0.1) is 0 Å². The highest BCUT2D eigenvalue weighted by atomic mass is 79.9. The van der Waals surface area contributed by atoms with Crippen LogP contribution < -0.4 is 10.5 Å². The predicted octanol–water partition coefficient (Wildman–Crippen LogP) is 4.29. The maximum absolute atomic E-state index is 5.91. The lowest BCUT2D eigenvalue weighted by Crippen LogP contribution is -2.18. The van der Waals surface area contributed by atoms with Gasteiger partial charge in [0, 0.05) is 21.1 Å². The molecule has 2 aromatic carbocycles. The summed E-state index contributed by atoms with van der Waals surface area (Å²) in [7, 11) is 0. The van der Waals surface area contributed by atoms with Crippen LogP contribution in [0.5, 0.6) is 5.75 Å². The van der Waals surface area contributed by atoms with Crippen LogP contribution in [0.3, 0.4) is 0 Å². The SMILES string of the molecule is NCC(Oc1ccc(Br)cc1)c1ccccc1Br. The molecule has 0 saturated heterocycles. The van der Waals surface area contributed by atoms with Crippen LogP contribution in [-0.2, 0) is 0 Å². The molecule has 0 aliphatic rings. The maximum Gasteiger partial charge on any atom is 0.137 e. The van der Waals surface area contributed by atoms with Crippen LogP contribution in [0.4, 0.5) is 0 Å². The zero-order valence-corrected chi connectivity index (χ0v) is 12.8. The van der Waals surface area contributed by atoms with Crippen LogP contribution in [0.25, 0.3) is 0 Å². The van der Waals surface area contributed by atoms with Gasteiger partial charge in [0.05, 0.1) is 0 Å². The first-order valence-corrected chi connectivity index (χ1v) is 7.16. The molecule has 0 saturated carbocycles. The van der Waals surface area contributed by atoms with E-state index in [1.165, 1.54) is 0 Å². The van der Waals surface area contributed by atoms with E-state index >= 15 is 0 Å². The summed E-state index contributed by atoms with van der Waals surface area (Å²) >= 11 is 6.92. The molecule has 2 rings (SSSR count). The van der Waals surface area contributed by atoms with Gasteiger partial charge < -0.3 is 10.5 Å². The van der Waals surface area contributed by atoms with Crippen LogP contribution >= 0.6 is 31.9 Å². The minimum absolute atomic E-state index is 0.151. The first-order chi connectivity index (χ1) is 8.70. The molecule has 0 bridgehead atoms. The van der Waals surface area contributed by atoms with Crippen LogP contribution in [0.1, 0.15) is 11.7 Å². The lowest BCUT2D eigenvalue weighted by molar-refractivity contribution is 0.213. The van der Waals surface area contributed by atoms with E-state index in [0.29, 0.717) is 6.54 Å². The minimum Gasteiger partial charge on any atom is -0.484 e. The first-order valence-electron chi connectivity index (χ1n) is 5.57. The number of hydrogen-bond acceptors (Lipinski definition) is 2. The quantitative estimate of drug-likeness (QED) is 0.871. The third-order valence-corrected chi connectivity index (χ3v) is 3.81. The van der Waals surface area contributed by atoms with Crippen molar-refractivity contribution in [2.45, 2.75) is 6.10 Å². The Hall–Kier alpha value is -0.840. The van der Waals surface area contributed by atoms with Crippen molar-refractivity contribution in [3.05, 3.63) is 63.0 Å². The van der Waals surface area contributed by atoms with Gasteiger partial charge in [0.2, 0.25) is 0 Å². The number of halogens is 2. The lowest BCUT2D eigenvalue weighted by atomic mass is 10.1. The van der Waals surface area contributed by atoms with Gasteiger partial charge in [0.15, 0.2) is 0 Å². The van der Waals surface area contributed by atoms with Crippen molar-refractivity contribution in [1.29, 1.82) is 0 Å². The fourth-order valence-corrected chi connectivity index (χ4v) is 2.46. The average molecular weight is 371 g/mol. The summed E-state index contributed by atoms with van der Waals surface area (Å²) < 4.78 is 7.95. The molecule has 0 spiro atoms. The zero-order valence-electron chi connectivity index (χ0n) is 9.64. The van der Waals surface area contributed by atoms with Gasteiger partial charge in [-0.05, 0) is 30.3 Å². The highest BCUT2D eigenvalue weighted by Gasteiger charge is 2.14. The van der Waals surface area contributed by atoms with E-state index in [2.05, 4.69) is 31.9 Å². The van der Waals surface area contributed by atoms with Crippen molar-refractivity contribution in [1.82, 2.24) is 0 Å². The fourth-order valence-electron chi connectivity index (χ4n) is 1.65. The standard InChI is InChI=1S/C14H13Br2NO/c15-10-5-7-11(8-6-10)18-14(9-17)12-3-1-2-4-13(12)16/h1-8,14H,9,17H2. The zero-order chi connectivity index (χ0) is 13.0. The minimum atomic E-state index is -0.151. The van der Waals surface area contributed by atoms with Crippen LogP contribution in [0.15, 0.2) is 57.5 Å². The molecule has 94 valence electrons. The molecule has 0 aliphatic heterocycles. The van der Waals surface area contributed by atoms with Gasteiger partial charge >= 0.3 is 0 Å². The van der Waals surface area contributed by atoms with Crippen molar-refractivity contribution in [2.24, 2.45) is 5.73 Å². The van der Waals surface area contributed by atoms with Crippen LogP contribution in [0.2, 0.25) is 0 Å². The number of hydrogen-bond donors (Lipinski definition) is 1. The van der Waals surface area contributed by atoms with E-state index in [4.69, 9.17) is 10.5 Å². The number of nitrogens with two attached hydrogens (primary N) is 1. The summed E-state index contributed by atoms with van der Waals surface area (Å²) in [5.74, 6) is 0.810. The molecule has 2 N–H and O–H groups in total. The topological polar surface area (TPSA) is 35.2 Å². The molecular formula is C14H13Br2NO. The Kier molecular flexibility index (Phi) is 4.80. The largest absolute Gasteiger partial charge is 0.484 e. The molecule has 2 aromatic rings. The van der Waals surface area contributed by atoms with Gasteiger partial charge in [0.1, 0.15) is 11.9 Å². The summed E-state index contributed by atoms with van der Waals surface area (Å²) in [4.78, 5) is 0. The van der Waals surface area contributed by atoms with Crippen molar-refractivity contribution in [3.8, 4) is 5.75 Å². The summed E-state index contributed by atoms with van der Waals surface area (Å²) in [6, 6.07) is 15.7. The molecule has 0 aromatic heterocycles. The monoisotopic (exact) mass is 369 g/mol. The Balaban J connectivity index is 2.20. The Morgan fingerprint density at radius 3 is 2.28 bits per heavy atom. The third kappa shape index (κ3) is 3.34. The predicted molar refractivity (Wildman–Crippen MR) is 80.7 cm³/mol. The van der Waals surface area contributed by atoms with E-state index in [0.717, 1.165) is 20.3 Å². The van der Waals surface area contributed by atoms with Gasteiger partial charge in [-0.3, -0.25) is 0 Å². The van der Waals surface area contributed by atoms with E-state index in [9.17, 15) is 0 Å². The fraction of sp³-hybridized carbons (Fsp3) is 0.143. The molecule has 0 amide bonds. The first kappa shape index (κ1) is 13.6. The Labute approximate surface area is 123 Å². The Morgan fingerprint density at radius 2 is 1.67 bits per heavy atom. The second-order valence-corrected chi connectivity index (χ2v) is 5.59. The van der Waals surface area contributed by atoms with Gasteiger partial charge in [-0.2, -0.15) is 0 Å². The van der Waals surface area contributed by atoms with Crippen molar-refractivity contribution in [2.75, 3.05) is 6.54 Å². The molecule has 18 heavy (non-hydrogen) atoms. The van der Waals surface area contributed by atoms with Gasteiger partial charge in [-0.1, -0.05) is 50.1 Å². The maximum atomic E-state index is 5.91. The molecule has 0 aliphatic carbocycles. The Morgan fingerprint density at radius 1 is 1.00 bits per heavy atom. The van der Waals surface area contributed by atoms with Crippen LogP contribution in [0, 0.1) is 0 Å². The summed E-state index contributed by atoms with van der Waals surface area (Å²) in [5.41, 5.74) is 6.85. The third-order valence-electron chi connectivity index (χ3n) is 2.56. The van der Waals surface area contributed by atoms with E-state index in [1.807, 2.05) is 48.5 Å². The summed E-state index contributed by atoms with van der Waals surface area (Å²) in [5, 5.41) is 0. The molecule has 1 atom stereocenters. The summed E-state index contributed by atoms with van der Waals surface area (Å²) in [6.45, 7) is 0.429. The van der Waals surface area contributed by atoms with Crippen molar-refractivity contribution < 1.29 is 4.74 Å². The molecule has 4 heteroatoms. The molecular weight excluding hydrogens is 358 g/mol. The summed E-state index contributed by atoms with van der Waals surface area (Å²) in [6.07, 6.45) is -0.151. The van der Waals surface area contributed by atoms with Crippen LogP contribution in [-0.4, -0.2) is 6.54 Å². The molecule has 0 radical (unpaired) electrons. The van der Waals surface area contributed by atoms with Crippen molar-refractivity contribution in [3.63, 3.8) is 0 Å². The average Bonchev–Trinajstić information content (AvgIpc) is 2.39. The molecule has 2 nitrogen and oxygen atoms in total. The normalized spacial score (nSPS) is 12.2. The second-order valence-electron chi connectivity index (χ2n) is 3.82. The second kappa shape index (κ2) is 6.36. The number of rotatable bonds is 4. The Bertz CT molecular complexity index is 513. The van der Waals surface area contributed by atoms with Crippen molar-refractivity contribution >= 4 is 31.9 Å². The number of ether oxygens (including phenoxy) is 1. The lowest BCUT2D eigenvalue weighted by Gasteiger charge is -2.19. The van der Waals surface area contributed by atoms with E-state index in [-0.39, 0.29) is 6.10 Å². The van der Waals surface area contributed by atoms with E-state index < -0.39 is 0 Å². The van der Waals surface area contributed by atoms with Gasteiger partial charge in [-0.25, -0.2) is 0 Å². The smallest absolute Gasteiger partial charge is 0.137 e. The molecule has 0 heterocycles. The molecule has 0 fully saturated rings. The van der Waals surface area contributed by atoms with E-state index in [1.54, 1.807) is 0 Å².